The molecule has 1 aromatic carbocycles. The molecule has 19 heavy (non-hydrogen) atoms. The first-order valence-corrected chi connectivity index (χ1v) is 6.05. The van der Waals surface area contributed by atoms with E-state index in [-0.39, 0.29) is 11.7 Å². The number of aromatic nitrogens is 2. The zero-order chi connectivity index (χ0) is 13.4. The first-order chi connectivity index (χ1) is 9.15. The first-order valence-electron chi connectivity index (χ1n) is 6.05. The predicted molar refractivity (Wildman–Crippen MR) is 69.6 cm³/mol. The van der Waals surface area contributed by atoms with Gasteiger partial charge in [-0.3, -0.25) is 9.89 Å². The van der Waals surface area contributed by atoms with Crippen molar-refractivity contribution in [2.45, 2.75) is 13.0 Å². The van der Waals surface area contributed by atoms with Gasteiger partial charge in [-0.2, -0.15) is 5.10 Å². The summed E-state index contributed by atoms with van der Waals surface area (Å²) in [4.78, 5) is 14.0. The quantitative estimate of drug-likeness (QED) is 0.708. The second-order valence-corrected chi connectivity index (χ2v) is 4.59. The van der Waals surface area contributed by atoms with Gasteiger partial charge in [0.1, 0.15) is 11.6 Å². The van der Waals surface area contributed by atoms with E-state index >= 15 is 0 Å². The Morgan fingerprint density at radius 1 is 1.47 bits per heavy atom. The lowest BCUT2D eigenvalue weighted by Crippen LogP contribution is -2.36. The van der Waals surface area contributed by atoms with Crippen molar-refractivity contribution < 1.29 is 9.90 Å². The van der Waals surface area contributed by atoms with Crippen LogP contribution in [-0.2, 0) is 13.0 Å². The smallest absolute Gasteiger partial charge is 0.254 e. The van der Waals surface area contributed by atoms with Crippen LogP contribution in [0.3, 0.4) is 0 Å². The molecular weight excluding hydrogens is 244 g/mol. The van der Waals surface area contributed by atoms with Gasteiger partial charge < -0.3 is 15.7 Å². The van der Waals surface area contributed by atoms with Crippen molar-refractivity contribution in [2.75, 3.05) is 12.3 Å². The summed E-state index contributed by atoms with van der Waals surface area (Å²) in [7, 11) is 0. The van der Waals surface area contributed by atoms with E-state index in [0.29, 0.717) is 30.9 Å². The molecule has 1 amide bonds. The van der Waals surface area contributed by atoms with E-state index in [2.05, 4.69) is 10.2 Å². The Balaban J connectivity index is 1.83. The lowest BCUT2D eigenvalue weighted by molar-refractivity contribution is 0.0732. The number of nitrogens with one attached hydrogen (secondary N) is 1. The van der Waals surface area contributed by atoms with E-state index in [9.17, 15) is 9.90 Å². The zero-order valence-corrected chi connectivity index (χ0v) is 10.3. The van der Waals surface area contributed by atoms with E-state index in [1.807, 2.05) is 0 Å². The lowest BCUT2D eigenvalue weighted by atomic mass is 10.1. The number of rotatable bonds is 1. The van der Waals surface area contributed by atoms with Crippen LogP contribution in [0.1, 0.15) is 21.6 Å². The van der Waals surface area contributed by atoms with E-state index in [1.54, 1.807) is 23.1 Å². The second-order valence-electron chi connectivity index (χ2n) is 4.59. The summed E-state index contributed by atoms with van der Waals surface area (Å²) >= 11 is 0. The molecule has 0 atom stereocenters. The average Bonchev–Trinajstić information content (AvgIpc) is 2.79. The highest BCUT2D eigenvalue weighted by Crippen LogP contribution is 2.23. The van der Waals surface area contributed by atoms with E-state index in [0.717, 1.165) is 11.3 Å². The Morgan fingerprint density at radius 3 is 3.11 bits per heavy atom. The van der Waals surface area contributed by atoms with Crippen LogP contribution in [-0.4, -0.2) is 32.7 Å². The van der Waals surface area contributed by atoms with Crippen molar-refractivity contribution in [1.82, 2.24) is 15.1 Å². The summed E-state index contributed by atoms with van der Waals surface area (Å²) in [5.74, 6) is 0.503. The molecule has 0 radical (unpaired) electrons. The summed E-state index contributed by atoms with van der Waals surface area (Å²) in [5, 5.41) is 16.2. The van der Waals surface area contributed by atoms with Gasteiger partial charge in [0, 0.05) is 17.7 Å². The number of benzene rings is 1. The molecule has 6 nitrogen and oxygen atoms in total. The van der Waals surface area contributed by atoms with Crippen LogP contribution < -0.4 is 5.73 Å². The number of nitrogen functional groups attached to an aromatic ring is 1. The van der Waals surface area contributed by atoms with Crippen LogP contribution in [0.15, 0.2) is 24.3 Å². The van der Waals surface area contributed by atoms with Gasteiger partial charge in [-0.1, -0.05) is 6.07 Å². The van der Waals surface area contributed by atoms with Crippen LogP contribution in [0, 0.1) is 0 Å². The number of carbonyl (C=O) groups is 1. The molecule has 4 N–H and O–H groups in total. The Kier molecular flexibility index (Phi) is 2.63. The maximum absolute atomic E-state index is 12.3. The molecule has 2 aromatic rings. The number of aromatic amines is 1. The molecule has 1 aromatic heterocycles. The number of phenols is 1. The molecule has 0 fully saturated rings. The molecule has 0 saturated carbocycles. The van der Waals surface area contributed by atoms with E-state index in [4.69, 9.17) is 5.73 Å². The third-order valence-electron chi connectivity index (χ3n) is 3.35. The zero-order valence-electron chi connectivity index (χ0n) is 10.3. The largest absolute Gasteiger partial charge is 0.508 e. The molecule has 0 bridgehead atoms. The number of nitrogens with zero attached hydrogens (tertiary/aromatic N) is 2. The normalized spacial score (nSPS) is 14.2. The summed E-state index contributed by atoms with van der Waals surface area (Å²) < 4.78 is 0. The van der Waals surface area contributed by atoms with Crippen LogP contribution in [0.4, 0.5) is 5.82 Å². The topological polar surface area (TPSA) is 95.2 Å². The highest BCUT2D eigenvalue weighted by Gasteiger charge is 2.24. The van der Waals surface area contributed by atoms with Gasteiger partial charge in [0.25, 0.3) is 5.91 Å². The SMILES string of the molecule is Nc1n[nH]c2c1CCN(C(=O)c1cccc(O)c1)C2. The highest BCUT2D eigenvalue weighted by molar-refractivity contribution is 5.94. The number of hydrogen-bond acceptors (Lipinski definition) is 4. The van der Waals surface area contributed by atoms with Crippen molar-refractivity contribution in [1.29, 1.82) is 0 Å². The molecule has 3 rings (SSSR count). The number of amides is 1. The number of nitrogens with two attached hydrogens (primary N) is 1. The number of anilines is 1. The summed E-state index contributed by atoms with van der Waals surface area (Å²) in [5.41, 5.74) is 8.10. The Labute approximate surface area is 109 Å². The number of carbonyl (C=O) groups excluding carboxylic acids is 1. The summed E-state index contributed by atoms with van der Waals surface area (Å²) in [6.07, 6.45) is 0.697. The predicted octanol–water partition coefficient (Wildman–Crippen LogP) is 0.896. The van der Waals surface area contributed by atoms with Gasteiger partial charge in [0.2, 0.25) is 0 Å². The number of phenolic OH excluding ortho intramolecular Hbond substituents is 1. The number of H-pyrrole nitrogens is 1. The number of hydrogen-bond donors (Lipinski definition) is 3. The molecule has 0 spiro atoms. The monoisotopic (exact) mass is 258 g/mol. The fraction of sp³-hybridized carbons (Fsp3) is 0.231. The van der Waals surface area contributed by atoms with Crippen molar-refractivity contribution in [2.24, 2.45) is 0 Å². The number of fused-ring (bicyclic) bond motifs is 1. The highest BCUT2D eigenvalue weighted by atomic mass is 16.3. The van der Waals surface area contributed by atoms with Gasteiger partial charge in [-0.05, 0) is 24.6 Å². The summed E-state index contributed by atoms with van der Waals surface area (Å²) in [6, 6.07) is 6.37. The van der Waals surface area contributed by atoms with E-state index < -0.39 is 0 Å². The molecule has 0 aliphatic carbocycles. The third kappa shape index (κ3) is 2.01. The molecule has 0 unspecified atom stereocenters. The maximum atomic E-state index is 12.3. The Morgan fingerprint density at radius 2 is 2.32 bits per heavy atom. The van der Waals surface area contributed by atoms with Crippen molar-refractivity contribution >= 4 is 11.7 Å². The van der Waals surface area contributed by atoms with Gasteiger partial charge in [-0.15, -0.1) is 0 Å². The fourth-order valence-corrected chi connectivity index (χ4v) is 2.34. The average molecular weight is 258 g/mol. The van der Waals surface area contributed by atoms with E-state index in [1.165, 1.54) is 6.07 Å². The molecule has 2 heterocycles. The number of aromatic hydroxyl groups is 1. The van der Waals surface area contributed by atoms with Gasteiger partial charge in [-0.25, -0.2) is 0 Å². The molecule has 6 heteroatoms. The van der Waals surface area contributed by atoms with Crippen LogP contribution in [0.25, 0.3) is 0 Å². The van der Waals surface area contributed by atoms with Gasteiger partial charge in [0.15, 0.2) is 0 Å². The Hall–Kier alpha value is -2.50. The van der Waals surface area contributed by atoms with Crippen molar-refractivity contribution in [3.8, 4) is 5.75 Å². The maximum Gasteiger partial charge on any atom is 0.254 e. The van der Waals surface area contributed by atoms with Crippen LogP contribution in [0.2, 0.25) is 0 Å². The van der Waals surface area contributed by atoms with Gasteiger partial charge >= 0.3 is 0 Å². The summed E-state index contributed by atoms with van der Waals surface area (Å²) in [6.45, 7) is 1.07. The minimum absolute atomic E-state index is 0.0920. The standard InChI is InChI=1S/C13H14N4O2/c14-12-10-4-5-17(7-11(10)15-16-12)13(19)8-2-1-3-9(18)6-8/h1-3,6,18H,4-5,7H2,(H3,14,15,16). The molecule has 98 valence electrons. The van der Waals surface area contributed by atoms with Crippen molar-refractivity contribution in [3.05, 3.63) is 41.1 Å². The van der Waals surface area contributed by atoms with Crippen molar-refractivity contribution in [3.63, 3.8) is 0 Å². The van der Waals surface area contributed by atoms with Crippen LogP contribution in [0.5, 0.6) is 5.75 Å². The van der Waals surface area contributed by atoms with Gasteiger partial charge in [0.05, 0.1) is 12.2 Å². The fourth-order valence-electron chi connectivity index (χ4n) is 2.34. The molecule has 1 aliphatic rings. The molecular formula is C13H14N4O2. The second kappa shape index (κ2) is 4.31. The minimum atomic E-state index is -0.102. The molecule has 0 saturated heterocycles. The lowest BCUT2D eigenvalue weighted by Gasteiger charge is -2.26. The van der Waals surface area contributed by atoms with Crippen LogP contribution >= 0.6 is 0 Å². The molecule has 1 aliphatic heterocycles. The third-order valence-corrected chi connectivity index (χ3v) is 3.35. The first kappa shape index (κ1) is 11.6. The minimum Gasteiger partial charge on any atom is -0.508 e. The Bertz CT molecular complexity index is 635.